The Morgan fingerprint density at radius 3 is 2.24 bits per heavy atom. The van der Waals surface area contributed by atoms with Gasteiger partial charge in [-0.15, -0.1) is 0 Å². The maximum Gasteiger partial charge on any atom is 0.348 e. The monoisotopic (exact) mass is 289 g/mol. The van der Waals surface area contributed by atoms with Gasteiger partial charge < -0.3 is 19.3 Å². The number of phenolic OH excluding ortho intramolecular Hbond substituents is 1. The number of carbonyl (C=O) groups is 1. The summed E-state index contributed by atoms with van der Waals surface area (Å²) in [5.41, 5.74) is 0.548. The predicted octanol–water partition coefficient (Wildman–Crippen LogP) is 2.05. The number of hydrogen-bond donors (Lipinski definition) is 1. The van der Waals surface area contributed by atoms with Crippen molar-refractivity contribution in [3.05, 3.63) is 35.4 Å². The molecule has 0 spiro atoms. The van der Waals surface area contributed by atoms with E-state index in [-0.39, 0.29) is 22.8 Å². The van der Waals surface area contributed by atoms with Gasteiger partial charge in [0.25, 0.3) is 0 Å². The molecule has 1 rings (SSSR count). The SMILES string of the molecule is COC(=O)/C(C#N)=C/C=C/c1cc(OC)c(O)c(OC)c1. The lowest BCUT2D eigenvalue weighted by Gasteiger charge is -2.09. The second kappa shape index (κ2) is 7.60. The molecule has 0 unspecified atom stereocenters. The maximum absolute atomic E-state index is 11.2. The van der Waals surface area contributed by atoms with Crippen molar-refractivity contribution in [2.24, 2.45) is 0 Å². The number of rotatable bonds is 5. The van der Waals surface area contributed by atoms with Gasteiger partial charge in [0.05, 0.1) is 21.3 Å². The Balaban J connectivity index is 3.08. The number of nitrogens with zero attached hydrogens (tertiary/aromatic N) is 1. The molecular formula is C15H15NO5. The van der Waals surface area contributed by atoms with Crippen LogP contribution in [0, 0.1) is 11.3 Å². The van der Waals surface area contributed by atoms with Crippen molar-refractivity contribution in [2.75, 3.05) is 21.3 Å². The second-order valence-corrected chi connectivity index (χ2v) is 3.82. The molecule has 0 saturated carbocycles. The molecule has 0 radical (unpaired) electrons. The number of hydrogen-bond acceptors (Lipinski definition) is 6. The van der Waals surface area contributed by atoms with Crippen LogP contribution in [0.25, 0.3) is 6.08 Å². The lowest BCUT2D eigenvalue weighted by molar-refractivity contribution is -0.135. The first-order valence-electron chi connectivity index (χ1n) is 5.89. The van der Waals surface area contributed by atoms with Crippen LogP contribution in [-0.4, -0.2) is 32.4 Å². The minimum atomic E-state index is -0.706. The molecular weight excluding hydrogens is 274 g/mol. The van der Waals surface area contributed by atoms with E-state index in [9.17, 15) is 9.90 Å². The molecule has 0 aliphatic carbocycles. The van der Waals surface area contributed by atoms with Gasteiger partial charge in [-0.1, -0.05) is 12.2 Å². The third-order valence-electron chi connectivity index (χ3n) is 2.58. The molecule has 0 fully saturated rings. The number of carbonyl (C=O) groups excluding carboxylic acids is 1. The van der Waals surface area contributed by atoms with Crippen LogP contribution in [0.1, 0.15) is 5.56 Å². The highest BCUT2D eigenvalue weighted by atomic mass is 16.5. The van der Waals surface area contributed by atoms with Gasteiger partial charge in [0.1, 0.15) is 11.6 Å². The van der Waals surface area contributed by atoms with E-state index in [0.717, 1.165) is 0 Å². The molecule has 0 aliphatic heterocycles. The molecule has 6 nitrogen and oxygen atoms in total. The van der Waals surface area contributed by atoms with E-state index in [1.54, 1.807) is 24.3 Å². The fourth-order valence-electron chi connectivity index (χ4n) is 1.53. The maximum atomic E-state index is 11.2. The highest BCUT2D eigenvalue weighted by molar-refractivity contribution is 5.93. The smallest absolute Gasteiger partial charge is 0.348 e. The Labute approximate surface area is 122 Å². The van der Waals surface area contributed by atoms with E-state index in [2.05, 4.69) is 4.74 Å². The van der Waals surface area contributed by atoms with Crippen molar-refractivity contribution in [3.63, 3.8) is 0 Å². The molecule has 0 amide bonds. The number of esters is 1. The Kier molecular flexibility index (Phi) is 5.83. The summed E-state index contributed by atoms with van der Waals surface area (Å²) in [7, 11) is 4.05. The number of allylic oxidation sites excluding steroid dienone is 2. The minimum Gasteiger partial charge on any atom is -0.502 e. The Bertz CT molecular complexity index is 600. The number of benzene rings is 1. The fourth-order valence-corrected chi connectivity index (χ4v) is 1.53. The van der Waals surface area contributed by atoms with Crippen molar-refractivity contribution in [1.29, 1.82) is 5.26 Å². The standard InChI is InChI=1S/C15H15NO5/c1-19-12-7-10(8-13(20-2)14(12)17)5-4-6-11(9-16)15(18)21-3/h4-8,17H,1-3H3/b5-4+,11-6+. The largest absolute Gasteiger partial charge is 0.502 e. The van der Waals surface area contributed by atoms with E-state index in [1.807, 2.05) is 0 Å². The average Bonchev–Trinajstić information content (AvgIpc) is 2.51. The molecule has 110 valence electrons. The second-order valence-electron chi connectivity index (χ2n) is 3.82. The predicted molar refractivity (Wildman–Crippen MR) is 76.0 cm³/mol. The summed E-state index contributed by atoms with van der Waals surface area (Å²) in [6.07, 6.45) is 4.48. The molecule has 1 N–H and O–H groups in total. The van der Waals surface area contributed by atoms with Crippen molar-refractivity contribution in [3.8, 4) is 23.3 Å². The van der Waals surface area contributed by atoms with E-state index < -0.39 is 5.97 Å². The van der Waals surface area contributed by atoms with E-state index in [4.69, 9.17) is 14.7 Å². The van der Waals surface area contributed by atoms with Crippen molar-refractivity contribution in [2.45, 2.75) is 0 Å². The van der Waals surface area contributed by atoms with Gasteiger partial charge in [-0.25, -0.2) is 4.79 Å². The number of methoxy groups -OCH3 is 3. The van der Waals surface area contributed by atoms with Crippen LogP contribution >= 0.6 is 0 Å². The van der Waals surface area contributed by atoms with Crippen LogP contribution in [0.15, 0.2) is 29.9 Å². The van der Waals surface area contributed by atoms with E-state index in [0.29, 0.717) is 5.56 Å². The molecule has 21 heavy (non-hydrogen) atoms. The quantitative estimate of drug-likeness (QED) is 0.386. The molecule has 0 aliphatic rings. The summed E-state index contributed by atoms with van der Waals surface area (Å²) in [6, 6.07) is 4.92. The first-order chi connectivity index (χ1) is 10.1. The highest BCUT2D eigenvalue weighted by Gasteiger charge is 2.10. The molecule has 0 atom stereocenters. The lowest BCUT2D eigenvalue weighted by atomic mass is 10.1. The van der Waals surface area contributed by atoms with Crippen molar-refractivity contribution in [1.82, 2.24) is 0 Å². The molecule has 0 heterocycles. The molecule has 1 aromatic rings. The van der Waals surface area contributed by atoms with E-state index >= 15 is 0 Å². The van der Waals surface area contributed by atoms with Gasteiger partial charge in [0.2, 0.25) is 5.75 Å². The van der Waals surface area contributed by atoms with Gasteiger partial charge in [-0.3, -0.25) is 0 Å². The number of ether oxygens (including phenoxy) is 3. The summed E-state index contributed by atoms with van der Waals surface area (Å²) in [6.45, 7) is 0. The van der Waals surface area contributed by atoms with Crippen molar-refractivity contribution >= 4 is 12.0 Å². The zero-order valence-corrected chi connectivity index (χ0v) is 11.9. The van der Waals surface area contributed by atoms with Crippen LogP contribution in [0.2, 0.25) is 0 Å². The summed E-state index contributed by atoms with van der Waals surface area (Å²) in [4.78, 5) is 11.2. The average molecular weight is 289 g/mol. The van der Waals surface area contributed by atoms with Gasteiger partial charge in [-0.05, 0) is 23.8 Å². The third-order valence-corrected chi connectivity index (χ3v) is 2.58. The summed E-state index contributed by atoms with van der Waals surface area (Å²) < 4.78 is 14.5. The number of aromatic hydroxyl groups is 1. The van der Waals surface area contributed by atoms with Crippen LogP contribution in [0.3, 0.4) is 0 Å². The van der Waals surface area contributed by atoms with Gasteiger partial charge in [-0.2, -0.15) is 5.26 Å². The normalized spacial score (nSPS) is 11.0. The number of nitriles is 1. The molecule has 6 heteroatoms. The first-order valence-corrected chi connectivity index (χ1v) is 5.89. The summed E-state index contributed by atoms with van der Waals surface area (Å²) in [5.74, 6) is -0.291. The van der Waals surface area contributed by atoms with Crippen LogP contribution < -0.4 is 9.47 Å². The zero-order chi connectivity index (χ0) is 15.8. The van der Waals surface area contributed by atoms with Gasteiger partial charge in [0, 0.05) is 0 Å². The Hall–Kier alpha value is -2.94. The first kappa shape index (κ1) is 16.1. The fraction of sp³-hybridized carbons (Fsp3) is 0.200. The zero-order valence-electron chi connectivity index (χ0n) is 11.9. The molecule has 0 aromatic heterocycles. The van der Waals surface area contributed by atoms with Gasteiger partial charge in [0.15, 0.2) is 11.5 Å². The van der Waals surface area contributed by atoms with Crippen LogP contribution in [0.5, 0.6) is 17.2 Å². The topological polar surface area (TPSA) is 88.8 Å². The highest BCUT2D eigenvalue weighted by Crippen LogP contribution is 2.37. The molecule has 1 aromatic carbocycles. The van der Waals surface area contributed by atoms with E-state index in [1.165, 1.54) is 33.5 Å². The minimum absolute atomic E-state index is 0.0973. The number of phenols is 1. The molecule has 0 saturated heterocycles. The van der Waals surface area contributed by atoms with Gasteiger partial charge >= 0.3 is 5.97 Å². The van der Waals surface area contributed by atoms with Crippen LogP contribution in [0.4, 0.5) is 0 Å². The van der Waals surface area contributed by atoms with Crippen molar-refractivity contribution < 1.29 is 24.1 Å². The lowest BCUT2D eigenvalue weighted by Crippen LogP contribution is -2.02. The summed E-state index contributed by atoms with van der Waals surface area (Å²) >= 11 is 0. The van der Waals surface area contributed by atoms with Crippen LogP contribution in [-0.2, 0) is 9.53 Å². The Morgan fingerprint density at radius 2 is 1.81 bits per heavy atom. The molecule has 0 bridgehead atoms. The summed E-state index contributed by atoms with van der Waals surface area (Å²) in [5, 5.41) is 18.6. The Morgan fingerprint density at radius 1 is 1.24 bits per heavy atom. The third kappa shape index (κ3) is 4.01.